The lowest BCUT2D eigenvalue weighted by atomic mass is 10.0. The number of hydrogen-bond acceptors (Lipinski definition) is 6. The zero-order chi connectivity index (χ0) is 37.1. The van der Waals surface area contributed by atoms with Crippen molar-refractivity contribution in [3.8, 4) is 11.5 Å². The van der Waals surface area contributed by atoms with E-state index in [0.717, 1.165) is 118 Å². The van der Waals surface area contributed by atoms with E-state index in [2.05, 4.69) is 59.8 Å². The van der Waals surface area contributed by atoms with E-state index >= 15 is 0 Å². The molecule has 0 bridgehead atoms. The van der Waals surface area contributed by atoms with Crippen LogP contribution in [0.2, 0.25) is 0 Å². The zero-order valence-electron chi connectivity index (χ0n) is 33.0. The fourth-order valence-corrected chi connectivity index (χ4v) is 12.1. The number of rotatable bonds is 24. The van der Waals surface area contributed by atoms with Gasteiger partial charge in [-0.3, -0.25) is 0 Å². The number of allylic oxidation sites excluding steroid dienone is 6. The number of fused-ring (bicyclic) bond motifs is 2. The van der Waals surface area contributed by atoms with Gasteiger partial charge < -0.3 is 9.47 Å². The Morgan fingerprint density at radius 1 is 0.615 bits per heavy atom. The molecule has 3 aromatic rings. The highest BCUT2D eigenvalue weighted by molar-refractivity contribution is 8.05. The van der Waals surface area contributed by atoms with E-state index in [4.69, 9.17) is 9.47 Å². The van der Waals surface area contributed by atoms with Crippen molar-refractivity contribution in [3.63, 3.8) is 0 Å². The average Bonchev–Trinajstić information content (AvgIpc) is 3.88. The molecule has 1 aromatic carbocycles. The number of benzene rings is 1. The normalized spacial score (nSPS) is 15.8. The Hall–Kier alpha value is -2.35. The average molecular weight is 765 g/mol. The molecule has 2 aromatic heterocycles. The number of thiophene rings is 2. The highest BCUT2D eigenvalue weighted by Crippen LogP contribution is 2.53. The summed E-state index contributed by atoms with van der Waals surface area (Å²) in [5, 5.41) is 2.08. The van der Waals surface area contributed by atoms with Crippen molar-refractivity contribution in [2.45, 2.75) is 164 Å². The van der Waals surface area contributed by atoms with Crippen LogP contribution >= 0.6 is 22.7 Å². The summed E-state index contributed by atoms with van der Waals surface area (Å²) >= 11 is 3.34. The van der Waals surface area contributed by atoms with Crippen molar-refractivity contribution >= 4 is 57.6 Å². The molecule has 0 saturated carbocycles. The molecule has 3 heterocycles. The predicted molar refractivity (Wildman–Crippen MR) is 228 cm³/mol. The molecule has 286 valence electrons. The molecule has 0 unspecified atom stereocenters. The zero-order valence-corrected chi connectivity index (χ0v) is 35.5. The summed E-state index contributed by atoms with van der Waals surface area (Å²) in [5.74, 6) is 1.78. The second-order valence-corrected chi connectivity index (χ2v) is 19.2. The standard InChI is InChI=1S/C45H64O4S3/c1-7-11-15-19-23-34-29-36(27-32(34)5)40-30-35(24-20-16-12-8-2)45(52(40,46)47)39-31-38-42(49-26-22-18-14-10-4)43-37(28-33(6)50-43)41(44(38)51-39)48-25-21-17-13-9-3/h28-31H,7-27H2,1-6H3. The first-order valence-electron chi connectivity index (χ1n) is 20.6. The van der Waals surface area contributed by atoms with Gasteiger partial charge in [-0.2, -0.15) is 0 Å². The van der Waals surface area contributed by atoms with Crippen LogP contribution in [-0.4, -0.2) is 21.6 Å². The Kier molecular flexibility index (Phi) is 15.6. The predicted octanol–water partition coefficient (Wildman–Crippen LogP) is 15.0. The monoisotopic (exact) mass is 764 g/mol. The molecule has 0 saturated heterocycles. The summed E-state index contributed by atoms with van der Waals surface area (Å²) in [7, 11) is -3.72. The number of hydrogen-bond donors (Lipinski definition) is 0. The second-order valence-electron chi connectivity index (χ2n) is 15.1. The van der Waals surface area contributed by atoms with Gasteiger partial charge in [-0.25, -0.2) is 8.42 Å². The minimum Gasteiger partial charge on any atom is -0.491 e. The Balaban J connectivity index is 1.57. The van der Waals surface area contributed by atoms with E-state index in [0.29, 0.717) is 23.0 Å². The first-order chi connectivity index (χ1) is 25.2. The molecule has 1 aliphatic heterocycles. The first kappa shape index (κ1) is 40.8. The molecule has 5 rings (SSSR count). The summed E-state index contributed by atoms with van der Waals surface area (Å²) < 4.78 is 45.3. The van der Waals surface area contributed by atoms with Crippen molar-refractivity contribution in [1.82, 2.24) is 0 Å². The number of unbranched alkanes of at least 4 members (excludes halogenated alkanes) is 12. The molecule has 52 heavy (non-hydrogen) atoms. The van der Waals surface area contributed by atoms with Crippen LogP contribution in [0.15, 0.2) is 51.5 Å². The largest absolute Gasteiger partial charge is 0.491 e. The van der Waals surface area contributed by atoms with E-state index in [1.807, 2.05) is 6.08 Å². The van der Waals surface area contributed by atoms with E-state index in [1.54, 1.807) is 22.7 Å². The summed E-state index contributed by atoms with van der Waals surface area (Å²) in [6.07, 6.45) is 25.1. The lowest BCUT2D eigenvalue weighted by Gasteiger charge is -2.13. The smallest absolute Gasteiger partial charge is 0.208 e. The van der Waals surface area contributed by atoms with Crippen LogP contribution < -0.4 is 9.47 Å². The Bertz CT molecular complexity index is 1830. The van der Waals surface area contributed by atoms with Gasteiger partial charge in [0.1, 0.15) is 11.5 Å². The van der Waals surface area contributed by atoms with Crippen LogP contribution in [0.3, 0.4) is 0 Å². The van der Waals surface area contributed by atoms with Gasteiger partial charge in [0.2, 0.25) is 9.84 Å². The van der Waals surface area contributed by atoms with Crippen LogP contribution in [-0.2, 0) is 9.84 Å². The lowest BCUT2D eigenvalue weighted by molar-refractivity contribution is 0.307. The van der Waals surface area contributed by atoms with Gasteiger partial charge >= 0.3 is 0 Å². The summed E-state index contributed by atoms with van der Waals surface area (Å²) in [5.41, 5.74) is 4.58. The van der Waals surface area contributed by atoms with Gasteiger partial charge in [0.15, 0.2) is 0 Å². The summed E-state index contributed by atoms with van der Waals surface area (Å²) in [6.45, 7) is 14.6. The third kappa shape index (κ3) is 9.65. The van der Waals surface area contributed by atoms with Crippen molar-refractivity contribution in [3.05, 3.63) is 61.2 Å². The molecule has 0 fully saturated rings. The molecule has 0 radical (unpaired) electrons. The number of aryl methyl sites for hydroxylation is 1. The van der Waals surface area contributed by atoms with Gasteiger partial charge in [-0.05, 0) is 93.7 Å². The highest BCUT2D eigenvalue weighted by Gasteiger charge is 2.37. The minimum absolute atomic E-state index is 0.512. The minimum atomic E-state index is -3.72. The van der Waals surface area contributed by atoms with E-state index in [9.17, 15) is 8.42 Å². The van der Waals surface area contributed by atoms with E-state index in [1.165, 1.54) is 67.4 Å². The maximum absolute atomic E-state index is 14.9. The molecular weight excluding hydrogens is 701 g/mol. The Labute approximate surface area is 323 Å². The number of sulfone groups is 1. The fraction of sp³-hybridized carbons (Fsp3) is 0.600. The molecule has 0 N–H and O–H groups in total. The second kappa shape index (κ2) is 19.8. The Morgan fingerprint density at radius 2 is 1.13 bits per heavy atom. The van der Waals surface area contributed by atoms with Crippen LogP contribution in [0.25, 0.3) is 25.1 Å². The molecule has 7 heteroatoms. The van der Waals surface area contributed by atoms with Crippen molar-refractivity contribution in [2.75, 3.05) is 13.2 Å². The van der Waals surface area contributed by atoms with Crippen LogP contribution in [0.5, 0.6) is 11.5 Å². The van der Waals surface area contributed by atoms with Crippen molar-refractivity contribution < 1.29 is 17.9 Å². The molecule has 0 spiro atoms. The molecule has 1 aliphatic carbocycles. The third-order valence-corrected chi connectivity index (χ3v) is 14.9. The highest BCUT2D eigenvalue weighted by atomic mass is 32.2. The summed E-state index contributed by atoms with van der Waals surface area (Å²) in [6, 6.07) is 4.36. The van der Waals surface area contributed by atoms with Crippen molar-refractivity contribution in [2.24, 2.45) is 0 Å². The maximum Gasteiger partial charge on any atom is 0.208 e. The Morgan fingerprint density at radius 3 is 1.71 bits per heavy atom. The van der Waals surface area contributed by atoms with Crippen LogP contribution in [0.4, 0.5) is 0 Å². The molecule has 0 atom stereocenters. The molecule has 0 amide bonds. The fourth-order valence-electron chi connectivity index (χ4n) is 7.67. The topological polar surface area (TPSA) is 52.6 Å². The SMILES string of the molecule is CCCCCCOc1c2cc(C3=C(CCCCCC)C=C(C4=CC(CCCCCC)=C(C)C4)S3(=O)=O)sc2c(OCCCCCC)c2cc(C)sc12. The quantitative estimate of drug-likeness (QED) is 0.0853. The van der Waals surface area contributed by atoms with Gasteiger partial charge in [0, 0.05) is 20.5 Å². The first-order valence-corrected chi connectivity index (χ1v) is 23.7. The van der Waals surface area contributed by atoms with Crippen LogP contribution in [0, 0.1) is 6.92 Å². The molecule has 4 nitrogen and oxygen atoms in total. The molecular formula is C45H64O4S3. The van der Waals surface area contributed by atoms with Crippen LogP contribution in [0.1, 0.15) is 166 Å². The van der Waals surface area contributed by atoms with Gasteiger partial charge in [0.25, 0.3) is 0 Å². The van der Waals surface area contributed by atoms with Gasteiger partial charge in [-0.1, -0.05) is 116 Å². The third-order valence-electron chi connectivity index (χ3n) is 10.6. The van der Waals surface area contributed by atoms with E-state index < -0.39 is 9.84 Å². The van der Waals surface area contributed by atoms with E-state index in [-0.39, 0.29) is 0 Å². The van der Waals surface area contributed by atoms with Gasteiger partial charge in [-0.15, -0.1) is 22.7 Å². The number of ether oxygens (including phenoxy) is 2. The molecule has 2 aliphatic rings. The lowest BCUT2D eigenvalue weighted by Crippen LogP contribution is -2.04. The summed E-state index contributed by atoms with van der Waals surface area (Å²) in [4.78, 5) is 3.07. The van der Waals surface area contributed by atoms with Gasteiger partial charge in [0.05, 0.1) is 32.4 Å². The maximum atomic E-state index is 14.9. The van der Waals surface area contributed by atoms with Crippen molar-refractivity contribution in [1.29, 1.82) is 0 Å².